The predicted octanol–water partition coefficient (Wildman–Crippen LogP) is 3.07. The Bertz CT molecular complexity index is 1090. The second kappa shape index (κ2) is 7.69. The van der Waals surface area contributed by atoms with Gasteiger partial charge in [-0.2, -0.15) is 21.1 Å². The van der Waals surface area contributed by atoms with Crippen molar-refractivity contribution in [2.45, 2.75) is 26.5 Å². The van der Waals surface area contributed by atoms with Gasteiger partial charge < -0.3 is 9.26 Å². The first-order valence-electron chi connectivity index (χ1n) is 8.53. The van der Waals surface area contributed by atoms with Gasteiger partial charge in [0.05, 0.1) is 17.2 Å². The molecular formula is C18H16N6O3S. The fourth-order valence-corrected chi connectivity index (χ4v) is 3.07. The molecule has 0 amide bonds. The van der Waals surface area contributed by atoms with E-state index in [4.69, 9.17) is 9.26 Å². The highest BCUT2D eigenvalue weighted by atomic mass is 32.1. The molecule has 3 aromatic heterocycles. The highest BCUT2D eigenvalue weighted by Crippen LogP contribution is 2.20. The molecule has 4 rings (SSSR count). The molecule has 0 unspecified atom stereocenters. The van der Waals surface area contributed by atoms with E-state index >= 15 is 0 Å². The van der Waals surface area contributed by atoms with E-state index in [1.807, 2.05) is 16.8 Å². The number of hydrogen-bond donors (Lipinski definition) is 0. The summed E-state index contributed by atoms with van der Waals surface area (Å²) in [6, 6.07) is 8.82. The fraction of sp³-hybridized carbons (Fsp3) is 0.222. The number of hydrogen-bond acceptors (Lipinski definition) is 9. The summed E-state index contributed by atoms with van der Waals surface area (Å²) in [5.41, 5.74) is 1.97. The van der Waals surface area contributed by atoms with Crippen molar-refractivity contribution in [3.63, 3.8) is 0 Å². The summed E-state index contributed by atoms with van der Waals surface area (Å²) in [6.07, 6.45) is -0.191. The fourth-order valence-electron chi connectivity index (χ4n) is 2.44. The van der Waals surface area contributed by atoms with Crippen molar-refractivity contribution in [1.29, 1.82) is 0 Å². The Morgan fingerprint density at radius 1 is 1.29 bits per heavy atom. The van der Waals surface area contributed by atoms with Crippen molar-refractivity contribution in [2.75, 3.05) is 0 Å². The highest BCUT2D eigenvalue weighted by molar-refractivity contribution is 7.08. The van der Waals surface area contributed by atoms with Crippen LogP contribution in [0.25, 0.3) is 22.8 Å². The molecule has 0 fully saturated rings. The minimum Gasteiger partial charge on any atom is -0.459 e. The average Bonchev–Trinajstić information content (AvgIpc) is 3.43. The van der Waals surface area contributed by atoms with Gasteiger partial charge in [0.2, 0.25) is 5.82 Å². The van der Waals surface area contributed by atoms with Crippen LogP contribution in [0.2, 0.25) is 0 Å². The number of nitrogens with zero attached hydrogens (tertiary/aromatic N) is 6. The van der Waals surface area contributed by atoms with E-state index in [1.165, 1.54) is 4.80 Å². The molecule has 4 aromatic rings. The average molecular weight is 396 g/mol. The zero-order valence-corrected chi connectivity index (χ0v) is 16.0. The molecule has 1 aromatic carbocycles. The van der Waals surface area contributed by atoms with Crippen molar-refractivity contribution in [3.8, 4) is 22.8 Å². The molecule has 0 aliphatic heterocycles. The van der Waals surface area contributed by atoms with Crippen LogP contribution in [0, 0.1) is 0 Å². The Kier molecular flexibility index (Phi) is 4.94. The minimum atomic E-state index is -0.392. The van der Waals surface area contributed by atoms with Gasteiger partial charge in [-0.1, -0.05) is 17.3 Å². The molecular weight excluding hydrogens is 380 g/mol. The number of thiophene rings is 1. The lowest BCUT2D eigenvalue weighted by atomic mass is 10.1. The van der Waals surface area contributed by atoms with Crippen molar-refractivity contribution in [3.05, 3.63) is 52.5 Å². The van der Waals surface area contributed by atoms with Gasteiger partial charge in [-0.3, -0.25) is 0 Å². The first-order valence-corrected chi connectivity index (χ1v) is 9.47. The van der Waals surface area contributed by atoms with Gasteiger partial charge in [-0.25, -0.2) is 4.79 Å². The number of esters is 1. The van der Waals surface area contributed by atoms with E-state index < -0.39 is 5.97 Å². The van der Waals surface area contributed by atoms with E-state index in [0.29, 0.717) is 28.7 Å². The number of aromatic nitrogens is 6. The van der Waals surface area contributed by atoms with Gasteiger partial charge >= 0.3 is 5.97 Å². The number of carbonyl (C=O) groups is 1. The van der Waals surface area contributed by atoms with E-state index in [9.17, 15) is 4.79 Å². The third-order valence-corrected chi connectivity index (χ3v) is 4.35. The van der Waals surface area contributed by atoms with Crippen LogP contribution in [0.1, 0.15) is 30.0 Å². The maximum absolute atomic E-state index is 12.1. The lowest BCUT2D eigenvalue weighted by molar-refractivity contribution is 0.0378. The summed E-state index contributed by atoms with van der Waals surface area (Å²) in [6.45, 7) is 3.82. The number of tetrazole rings is 1. The molecule has 0 saturated carbocycles. The van der Waals surface area contributed by atoms with E-state index in [2.05, 4.69) is 25.6 Å². The molecule has 9 nitrogen and oxygen atoms in total. The summed E-state index contributed by atoms with van der Waals surface area (Å²) < 4.78 is 10.5. The smallest absolute Gasteiger partial charge is 0.338 e. The SMILES string of the molecule is CC(C)OC(=O)c1cccc(-c2nnn(Cc3noc(-c4ccsc4)n3)n2)c1. The van der Waals surface area contributed by atoms with Gasteiger partial charge in [0.25, 0.3) is 5.89 Å². The van der Waals surface area contributed by atoms with E-state index in [0.717, 1.165) is 5.56 Å². The first kappa shape index (κ1) is 18.0. The summed E-state index contributed by atoms with van der Waals surface area (Å²) in [5.74, 6) is 0.894. The molecule has 3 heterocycles. The van der Waals surface area contributed by atoms with Gasteiger partial charge in [0.1, 0.15) is 6.54 Å². The highest BCUT2D eigenvalue weighted by Gasteiger charge is 2.14. The minimum absolute atomic E-state index is 0.191. The number of ether oxygens (including phenoxy) is 1. The summed E-state index contributed by atoms with van der Waals surface area (Å²) in [5, 5.41) is 20.2. The standard InChI is InChI=1S/C18H16N6O3S/c1-11(2)26-18(25)13-5-3-4-12(8-13)16-20-23-24(21-16)9-15-19-17(27-22-15)14-6-7-28-10-14/h3-8,10-11H,9H2,1-2H3. The van der Waals surface area contributed by atoms with Crippen molar-refractivity contribution < 1.29 is 14.1 Å². The summed E-state index contributed by atoms with van der Waals surface area (Å²) in [4.78, 5) is 17.8. The zero-order valence-electron chi connectivity index (χ0n) is 15.1. The Morgan fingerprint density at radius 3 is 2.96 bits per heavy atom. The topological polar surface area (TPSA) is 109 Å². The van der Waals surface area contributed by atoms with Crippen LogP contribution in [0.4, 0.5) is 0 Å². The maximum Gasteiger partial charge on any atom is 0.338 e. The van der Waals surface area contributed by atoms with Crippen LogP contribution in [0.3, 0.4) is 0 Å². The zero-order chi connectivity index (χ0) is 19.5. The van der Waals surface area contributed by atoms with Crippen LogP contribution in [-0.2, 0) is 11.3 Å². The quantitative estimate of drug-likeness (QED) is 0.458. The Balaban J connectivity index is 1.50. The van der Waals surface area contributed by atoms with Crippen LogP contribution < -0.4 is 0 Å². The van der Waals surface area contributed by atoms with Crippen LogP contribution in [0.15, 0.2) is 45.6 Å². The van der Waals surface area contributed by atoms with Gasteiger partial charge in [-0.15, -0.1) is 10.2 Å². The molecule has 0 aliphatic rings. The van der Waals surface area contributed by atoms with Gasteiger partial charge in [0.15, 0.2) is 5.82 Å². The lowest BCUT2D eigenvalue weighted by Crippen LogP contribution is -2.11. The molecule has 0 bridgehead atoms. The number of carbonyl (C=O) groups excluding carboxylic acids is 1. The normalized spacial score (nSPS) is 11.1. The molecule has 0 saturated heterocycles. The lowest BCUT2D eigenvalue weighted by Gasteiger charge is -2.08. The summed E-state index contributed by atoms with van der Waals surface area (Å²) in [7, 11) is 0. The predicted molar refractivity (Wildman–Crippen MR) is 101 cm³/mol. The van der Waals surface area contributed by atoms with Gasteiger partial charge in [0, 0.05) is 10.9 Å². The maximum atomic E-state index is 12.1. The Morgan fingerprint density at radius 2 is 2.18 bits per heavy atom. The van der Waals surface area contributed by atoms with Crippen LogP contribution in [-0.4, -0.2) is 42.4 Å². The number of rotatable bonds is 6. The molecule has 0 aliphatic carbocycles. The van der Waals surface area contributed by atoms with Crippen molar-refractivity contribution >= 4 is 17.3 Å². The Hall–Kier alpha value is -3.40. The first-order chi connectivity index (χ1) is 13.6. The molecule has 142 valence electrons. The third-order valence-electron chi connectivity index (χ3n) is 3.67. The van der Waals surface area contributed by atoms with Crippen LogP contribution >= 0.6 is 11.3 Å². The van der Waals surface area contributed by atoms with E-state index in [1.54, 1.807) is 49.4 Å². The molecule has 0 spiro atoms. The second-order valence-electron chi connectivity index (χ2n) is 6.21. The molecule has 28 heavy (non-hydrogen) atoms. The van der Waals surface area contributed by atoms with Crippen LogP contribution in [0.5, 0.6) is 0 Å². The number of benzene rings is 1. The summed E-state index contributed by atoms with van der Waals surface area (Å²) >= 11 is 1.55. The Labute approximate surface area is 164 Å². The monoisotopic (exact) mass is 396 g/mol. The molecule has 10 heteroatoms. The molecule has 0 N–H and O–H groups in total. The second-order valence-corrected chi connectivity index (χ2v) is 6.99. The largest absolute Gasteiger partial charge is 0.459 e. The molecule has 0 atom stereocenters. The van der Waals surface area contributed by atoms with Crippen molar-refractivity contribution in [2.24, 2.45) is 0 Å². The van der Waals surface area contributed by atoms with Crippen molar-refractivity contribution in [1.82, 2.24) is 30.3 Å². The van der Waals surface area contributed by atoms with Gasteiger partial charge in [-0.05, 0) is 42.6 Å². The molecule has 0 radical (unpaired) electrons. The van der Waals surface area contributed by atoms with E-state index in [-0.39, 0.29) is 12.6 Å². The third kappa shape index (κ3) is 3.96.